The van der Waals surface area contributed by atoms with Crippen molar-refractivity contribution >= 4 is 42.5 Å². The first-order valence-corrected chi connectivity index (χ1v) is 14.0. The van der Waals surface area contributed by atoms with Gasteiger partial charge in [-0.05, 0) is 36.4 Å². The van der Waals surface area contributed by atoms with E-state index < -0.39 is 0 Å². The Kier molecular flexibility index (Phi) is 5.28. The number of hydrogen-bond donors (Lipinski definition) is 0. The molecule has 3 heterocycles. The normalized spacial score (nSPS) is 11.5. The summed E-state index contributed by atoms with van der Waals surface area (Å²) in [7, 11) is 0. The third-order valence-corrected chi connectivity index (χ3v) is 8.43. The van der Waals surface area contributed by atoms with E-state index in [1.807, 2.05) is 72.0 Å². The van der Waals surface area contributed by atoms with Crippen LogP contribution in [0, 0.1) is 0 Å². The van der Waals surface area contributed by atoms with E-state index in [1.165, 1.54) is 31.2 Å². The fraction of sp³-hybridized carbons (Fsp3) is 0. The summed E-state index contributed by atoms with van der Waals surface area (Å²) in [6, 6.07) is 46.0. The summed E-state index contributed by atoms with van der Waals surface area (Å²) in [6.45, 7) is 0. The lowest BCUT2D eigenvalue weighted by molar-refractivity contribution is 1.07. The second kappa shape index (κ2) is 9.26. The third-order valence-electron chi connectivity index (χ3n) is 7.28. The molecule has 0 aliphatic heterocycles. The van der Waals surface area contributed by atoms with Crippen molar-refractivity contribution in [3.8, 4) is 39.9 Å². The van der Waals surface area contributed by atoms with Crippen molar-refractivity contribution in [2.24, 2.45) is 0 Å². The van der Waals surface area contributed by atoms with Crippen molar-refractivity contribution in [2.45, 2.75) is 0 Å². The van der Waals surface area contributed by atoms with Gasteiger partial charge in [0.05, 0.1) is 5.52 Å². The van der Waals surface area contributed by atoms with Crippen LogP contribution < -0.4 is 0 Å². The van der Waals surface area contributed by atoms with Crippen LogP contribution in [0.25, 0.3) is 71.1 Å². The highest BCUT2D eigenvalue weighted by Gasteiger charge is 2.18. The molecule has 8 aromatic rings. The first-order chi connectivity index (χ1) is 19.8. The molecule has 5 heteroatoms. The molecule has 0 saturated heterocycles. The molecule has 0 bridgehead atoms. The van der Waals surface area contributed by atoms with Crippen molar-refractivity contribution in [1.82, 2.24) is 19.5 Å². The molecule has 40 heavy (non-hydrogen) atoms. The fourth-order valence-electron chi connectivity index (χ4n) is 5.39. The summed E-state index contributed by atoms with van der Waals surface area (Å²) in [6.07, 6.45) is 0. The molecule has 0 saturated carbocycles. The minimum Gasteiger partial charge on any atom is -0.301 e. The van der Waals surface area contributed by atoms with Gasteiger partial charge in [-0.3, -0.25) is 0 Å². The average Bonchev–Trinajstić information content (AvgIpc) is 3.56. The molecule has 0 fully saturated rings. The molecule has 5 aromatic carbocycles. The van der Waals surface area contributed by atoms with Crippen LogP contribution in [-0.2, 0) is 0 Å². The Bertz CT molecular complexity index is 2090. The van der Waals surface area contributed by atoms with Gasteiger partial charge in [0.1, 0.15) is 4.83 Å². The van der Waals surface area contributed by atoms with Crippen LogP contribution >= 0.6 is 11.3 Å². The Balaban J connectivity index is 1.28. The van der Waals surface area contributed by atoms with E-state index in [0.29, 0.717) is 17.5 Å². The maximum atomic E-state index is 4.89. The van der Waals surface area contributed by atoms with E-state index in [4.69, 9.17) is 15.0 Å². The molecule has 0 radical (unpaired) electrons. The molecule has 0 spiro atoms. The Labute approximate surface area is 234 Å². The first kappa shape index (κ1) is 22.8. The van der Waals surface area contributed by atoms with E-state index >= 15 is 0 Å². The number of fused-ring (bicyclic) bond motifs is 5. The van der Waals surface area contributed by atoms with E-state index in [0.717, 1.165) is 22.4 Å². The average molecular weight is 531 g/mol. The Morgan fingerprint density at radius 1 is 0.450 bits per heavy atom. The van der Waals surface area contributed by atoms with Crippen molar-refractivity contribution < 1.29 is 0 Å². The first-order valence-electron chi connectivity index (χ1n) is 13.2. The summed E-state index contributed by atoms with van der Waals surface area (Å²) >= 11 is 1.84. The van der Waals surface area contributed by atoms with Gasteiger partial charge in [0.25, 0.3) is 0 Å². The summed E-state index contributed by atoms with van der Waals surface area (Å²) in [4.78, 5) is 15.9. The highest BCUT2D eigenvalue weighted by molar-refractivity contribution is 7.25. The number of hydrogen-bond acceptors (Lipinski definition) is 4. The van der Waals surface area contributed by atoms with E-state index in [-0.39, 0.29) is 0 Å². The van der Waals surface area contributed by atoms with Crippen molar-refractivity contribution in [3.63, 3.8) is 0 Å². The molecule has 0 atom stereocenters. The van der Waals surface area contributed by atoms with Gasteiger partial charge in [-0.15, -0.1) is 11.3 Å². The topological polar surface area (TPSA) is 43.6 Å². The predicted molar refractivity (Wildman–Crippen MR) is 166 cm³/mol. The maximum absolute atomic E-state index is 4.89. The Morgan fingerprint density at radius 3 is 1.57 bits per heavy atom. The number of aromatic nitrogens is 4. The van der Waals surface area contributed by atoms with Gasteiger partial charge < -0.3 is 4.57 Å². The monoisotopic (exact) mass is 530 g/mol. The van der Waals surface area contributed by atoms with E-state index in [1.54, 1.807) is 0 Å². The largest absolute Gasteiger partial charge is 0.301 e. The number of rotatable bonds is 4. The molecule has 0 aliphatic rings. The number of thiophene rings is 1. The van der Waals surface area contributed by atoms with Gasteiger partial charge in [0.2, 0.25) is 0 Å². The van der Waals surface area contributed by atoms with Crippen LogP contribution in [0.4, 0.5) is 0 Å². The molecule has 188 valence electrons. The smallest absolute Gasteiger partial charge is 0.164 e. The van der Waals surface area contributed by atoms with Crippen molar-refractivity contribution in [1.29, 1.82) is 0 Å². The van der Waals surface area contributed by atoms with Crippen LogP contribution in [0.15, 0.2) is 133 Å². The van der Waals surface area contributed by atoms with Gasteiger partial charge in [0.15, 0.2) is 17.5 Å². The second-order valence-corrected chi connectivity index (χ2v) is 10.7. The lowest BCUT2D eigenvalue weighted by Crippen LogP contribution is -2.00. The zero-order chi connectivity index (χ0) is 26.5. The minimum atomic E-state index is 0.656. The lowest BCUT2D eigenvalue weighted by atomic mass is 10.1. The van der Waals surface area contributed by atoms with Gasteiger partial charge in [-0.25, -0.2) is 15.0 Å². The SMILES string of the molecule is c1ccc(-c2nc(-c3ccccc3)nc(-c3ccc(-n4c5ccccc5c5c6ccccc6sc54)cc3)n2)cc1. The molecule has 3 aromatic heterocycles. The number of para-hydroxylation sites is 1. The molecular formula is C35H22N4S. The van der Waals surface area contributed by atoms with Crippen LogP contribution in [0.2, 0.25) is 0 Å². The summed E-state index contributed by atoms with van der Waals surface area (Å²) in [5, 5.41) is 3.90. The maximum Gasteiger partial charge on any atom is 0.164 e. The van der Waals surface area contributed by atoms with E-state index in [9.17, 15) is 0 Å². The molecule has 4 nitrogen and oxygen atoms in total. The van der Waals surface area contributed by atoms with Gasteiger partial charge in [-0.2, -0.15) is 0 Å². The zero-order valence-corrected chi connectivity index (χ0v) is 22.2. The van der Waals surface area contributed by atoms with Crippen molar-refractivity contribution in [3.05, 3.63) is 133 Å². The molecule has 0 amide bonds. The Hall–Kier alpha value is -5.13. The number of nitrogens with zero attached hydrogens (tertiary/aromatic N) is 4. The van der Waals surface area contributed by atoms with Crippen LogP contribution in [-0.4, -0.2) is 19.5 Å². The fourth-order valence-corrected chi connectivity index (χ4v) is 6.65. The summed E-state index contributed by atoms with van der Waals surface area (Å²) in [5.74, 6) is 1.98. The minimum absolute atomic E-state index is 0.656. The summed E-state index contributed by atoms with van der Waals surface area (Å²) in [5.41, 5.74) is 5.20. The molecule has 0 aliphatic carbocycles. The van der Waals surface area contributed by atoms with Crippen LogP contribution in [0.1, 0.15) is 0 Å². The Morgan fingerprint density at radius 2 is 0.950 bits per heavy atom. The standard InChI is InChI=1S/C35H22N4S/c1-3-11-23(12-4-1)32-36-33(24-13-5-2-6-14-24)38-34(37-32)25-19-21-26(22-20-25)39-29-17-9-7-15-27(29)31-28-16-8-10-18-30(28)40-35(31)39/h1-22H. The van der Waals surface area contributed by atoms with Crippen molar-refractivity contribution in [2.75, 3.05) is 0 Å². The molecule has 0 unspecified atom stereocenters. The van der Waals surface area contributed by atoms with Gasteiger partial charge >= 0.3 is 0 Å². The third kappa shape index (κ3) is 3.71. The van der Waals surface area contributed by atoms with Gasteiger partial charge in [-0.1, -0.05) is 97.1 Å². The van der Waals surface area contributed by atoms with E-state index in [2.05, 4.69) is 77.4 Å². The lowest BCUT2D eigenvalue weighted by Gasteiger charge is -2.10. The molecule has 8 rings (SSSR count). The second-order valence-electron chi connectivity index (χ2n) is 9.72. The molecule has 0 N–H and O–H groups in total. The number of benzene rings is 5. The van der Waals surface area contributed by atoms with Crippen LogP contribution in [0.5, 0.6) is 0 Å². The highest BCUT2D eigenvalue weighted by Crippen LogP contribution is 2.42. The zero-order valence-electron chi connectivity index (χ0n) is 21.4. The quantitative estimate of drug-likeness (QED) is 0.228. The summed E-state index contributed by atoms with van der Waals surface area (Å²) < 4.78 is 3.67. The van der Waals surface area contributed by atoms with Gasteiger partial charge in [0, 0.05) is 43.2 Å². The van der Waals surface area contributed by atoms with Crippen LogP contribution in [0.3, 0.4) is 0 Å². The molecular weight excluding hydrogens is 508 g/mol. The highest BCUT2D eigenvalue weighted by atomic mass is 32.1. The predicted octanol–water partition coefficient (Wildman–Crippen LogP) is 9.18.